The molecule has 0 spiro atoms. The highest BCUT2D eigenvalue weighted by Gasteiger charge is 2.41. The first-order valence-corrected chi connectivity index (χ1v) is 8.03. The Hall–Kier alpha value is -0.560. The topological polar surface area (TPSA) is 67.3 Å². The molecular weight excluding hydrogens is 220 g/mol. The van der Waals surface area contributed by atoms with Crippen LogP contribution in [0.1, 0.15) is 0 Å². The lowest BCUT2D eigenvalue weighted by molar-refractivity contribution is 0.319. The van der Waals surface area contributed by atoms with Crippen molar-refractivity contribution in [3.05, 3.63) is 24.4 Å². The number of aliphatic hydroxyl groups is 1. The van der Waals surface area contributed by atoms with E-state index in [1.54, 1.807) is 18.2 Å². The zero-order chi connectivity index (χ0) is 10.8. The van der Waals surface area contributed by atoms with E-state index in [2.05, 4.69) is 4.98 Å². The van der Waals surface area contributed by atoms with Crippen molar-refractivity contribution in [2.24, 2.45) is 0 Å². The Morgan fingerprint density at radius 1 is 1.57 bits per heavy atom. The molecule has 76 valence electrons. The summed E-state index contributed by atoms with van der Waals surface area (Å²) in [5.41, 5.74) is -0.981. The quantitative estimate of drug-likeness (QED) is 0.800. The third-order valence-electron chi connectivity index (χ3n) is 1.87. The van der Waals surface area contributed by atoms with Crippen molar-refractivity contribution in [2.45, 2.75) is 5.59 Å². The molecule has 4 nitrogen and oxygen atoms in total. The van der Waals surface area contributed by atoms with Gasteiger partial charge in [0, 0.05) is 12.9 Å². The van der Waals surface area contributed by atoms with Crippen LogP contribution >= 0.6 is 14.9 Å². The molecule has 1 N–H and O–H groups in total. The molecule has 0 amide bonds. The van der Waals surface area contributed by atoms with E-state index in [9.17, 15) is 14.2 Å². The van der Waals surface area contributed by atoms with Crippen molar-refractivity contribution in [3.63, 3.8) is 0 Å². The summed E-state index contributed by atoms with van der Waals surface area (Å²) in [5, 5.41) is 9.52. The summed E-state index contributed by atoms with van der Waals surface area (Å²) in [6.45, 7) is 2.76. The summed E-state index contributed by atoms with van der Waals surface area (Å²) in [4.78, 5) is 3.90. The van der Waals surface area contributed by atoms with Crippen molar-refractivity contribution in [1.82, 2.24) is 4.98 Å². The molecule has 0 saturated heterocycles. The fraction of sp³-hybridized carbons (Fsp3) is 0.375. The Morgan fingerprint density at radius 2 is 2.21 bits per heavy atom. The molecule has 1 aromatic heterocycles. The predicted molar refractivity (Wildman–Crippen MR) is 56.9 cm³/mol. The van der Waals surface area contributed by atoms with Crippen LogP contribution in [0, 0.1) is 0 Å². The van der Waals surface area contributed by atoms with Gasteiger partial charge in [0.15, 0.2) is 0 Å². The summed E-state index contributed by atoms with van der Waals surface area (Å²) in [6, 6.07) is 4.96. The van der Waals surface area contributed by atoms with Crippen LogP contribution in [-0.4, -0.2) is 29.0 Å². The second-order valence-electron chi connectivity index (χ2n) is 3.07. The van der Waals surface area contributed by atoms with E-state index in [1.807, 2.05) is 0 Å². The van der Waals surface area contributed by atoms with Crippen LogP contribution in [0.25, 0.3) is 0 Å². The van der Waals surface area contributed by atoms with E-state index >= 15 is 0 Å². The van der Waals surface area contributed by atoms with Gasteiger partial charge in [-0.1, -0.05) is 10.6 Å². The highest BCUT2D eigenvalue weighted by atomic mass is 31.2. The van der Waals surface area contributed by atoms with Gasteiger partial charge in [-0.05, 0) is 12.1 Å². The Kier molecular flexibility index (Phi) is 3.54. The largest absolute Gasteiger partial charge is 0.375 e. The Labute approximate surface area is 83.5 Å². The van der Waals surface area contributed by atoms with E-state index < -0.39 is 20.5 Å². The SMILES string of the molecule is C[P+](=O)C(O)P(C)(=O)c1ccccn1. The number of hydrogen-bond donors (Lipinski definition) is 1. The number of nitrogens with zero attached hydrogens (tertiary/aromatic N) is 1. The zero-order valence-electron chi connectivity index (χ0n) is 7.99. The van der Waals surface area contributed by atoms with Crippen molar-refractivity contribution < 1.29 is 14.2 Å². The molecule has 0 fully saturated rings. The fourth-order valence-electron chi connectivity index (χ4n) is 1.04. The highest BCUT2D eigenvalue weighted by Crippen LogP contribution is 2.52. The van der Waals surface area contributed by atoms with Crippen molar-refractivity contribution in [3.8, 4) is 0 Å². The average molecular weight is 232 g/mol. The van der Waals surface area contributed by atoms with Crippen LogP contribution in [0.3, 0.4) is 0 Å². The minimum atomic E-state index is -3.03. The van der Waals surface area contributed by atoms with Gasteiger partial charge in [-0.15, -0.1) is 0 Å². The van der Waals surface area contributed by atoms with Crippen LogP contribution in [0.2, 0.25) is 0 Å². The fourth-order valence-corrected chi connectivity index (χ4v) is 4.80. The molecule has 14 heavy (non-hydrogen) atoms. The average Bonchev–Trinajstić information content (AvgIpc) is 2.18. The Bertz CT molecular complexity index is 379. The van der Waals surface area contributed by atoms with Gasteiger partial charge >= 0.3 is 13.4 Å². The third-order valence-corrected chi connectivity index (χ3v) is 6.87. The molecular formula is C8H12NO3P2+. The second kappa shape index (κ2) is 4.31. The van der Waals surface area contributed by atoms with Gasteiger partial charge in [-0.25, -0.2) is 0 Å². The summed E-state index contributed by atoms with van der Waals surface area (Å²) in [7, 11) is -4.90. The highest BCUT2D eigenvalue weighted by molar-refractivity contribution is 7.79. The standard InChI is InChI=1S/C8H12NO3P2/c1-13(11)8(10)14(2,12)7-5-3-4-6-9-7/h3-6,8,10H,1-2H3/q+1. The normalized spacial score (nSPS) is 18.4. The second-order valence-corrected chi connectivity index (χ2v) is 7.99. The number of hydrogen-bond acceptors (Lipinski definition) is 4. The van der Waals surface area contributed by atoms with Crippen molar-refractivity contribution >= 4 is 20.4 Å². The maximum atomic E-state index is 12.1. The van der Waals surface area contributed by atoms with Crippen LogP contribution in [0.15, 0.2) is 24.4 Å². The number of aromatic nitrogens is 1. The minimum Gasteiger partial charge on any atom is -0.345 e. The summed E-state index contributed by atoms with van der Waals surface area (Å²) in [6.07, 6.45) is 1.50. The zero-order valence-corrected chi connectivity index (χ0v) is 9.78. The van der Waals surface area contributed by atoms with Gasteiger partial charge in [0.05, 0.1) is 0 Å². The number of aliphatic hydroxyl groups excluding tert-OH is 1. The van der Waals surface area contributed by atoms with Gasteiger partial charge in [-0.3, -0.25) is 4.98 Å². The first-order valence-electron chi connectivity index (χ1n) is 4.03. The van der Waals surface area contributed by atoms with Crippen molar-refractivity contribution in [1.29, 1.82) is 0 Å². The van der Waals surface area contributed by atoms with Gasteiger partial charge in [0.1, 0.15) is 12.1 Å². The molecule has 0 radical (unpaired) electrons. The third kappa shape index (κ3) is 2.27. The minimum absolute atomic E-state index is 0.317. The van der Waals surface area contributed by atoms with Crippen LogP contribution < -0.4 is 5.44 Å². The van der Waals surface area contributed by atoms with Gasteiger partial charge < -0.3 is 9.67 Å². The summed E-state index contributed by atoms with van der Waals surface area (Å²) in [5.74, 6) is 0. The van der Waals surface area contributed by atoms with E-state index in [0.29, 0.717) is 5.44 Å². The lowest BCUT2D eigenvalue weighted by atomic mass is 10.5. The molecule has 3 unspecified atom stereocenters. The molecule has 6 heteroatoms. The smallest absolute Gasteiger partial charge is 0.345 e. The lowest BCUT2D eigenvalue weighted by Crippen LogP contribution is -2.16. The van der Waals surface area contributed by atoms with Gasteiger partial charge in [0.2, 0.25) is 7.14 Å². The Morgan fingerprint density at radius 3 is 2.64 bits per heavy atom. The van der Waals surface area contributed by atoms with Gasteiger partial charge in [0.25, 0.3) is 0 Å². The molecule has 1 heterocycles. The first kappa shape index (κ1) is 11.5. The number of pyridine rings is 1. The summed E-state index contributed by atoms with van der Waals surface area (Å²) < 4.78 is 23.1. The van der Waals surface area contributed by atoms with E-state index in [4.69, 9.17) is 0 Å². The van der Waals surface area contributed by atoms with Crippen molar-refractivity contribution in [2.75, 3.05) is 13.3 Å². The molecule has 1 aromatic rings. The molecule has 1 rings (SSSR count). The molecule has 0 aliphatic rings. The summed E-state index contributed by atoms with van der Waals surface area (Å²) >= 11 is 0. The van der Waals surface area contributed by atoms with Crippen LogP contribution in [-0.2, 0) is 9.13 Å². The van der Waals surface area contributed by atoms with E-state index in [1.165, 1.54) is 19.5 Å². The Balaban J connectivity index is 3.09. The molecule has 0 aliphatic carbocycles. The monoisotopic (exact) mass is 232 g/mol. The molecule has 0 bridgehead atoms. The number of rotatable bonds is 3. The van der Waals surface area contributed by atoms with E-state index in [-0.39, 0.29) is 0 Å². The molecule has 0 aliphatic heterocycles. The maximum Gasteiger partial charge on any atom is 0.375 e. The van der Waals surface area contributed by atoms with Gasteiger partial charge in [-0.2, -0.15) is 0 Å². The molecule has 3 atom stereocenters. The van der Waals surface area contributed by atoms with E-state index in [0.717, 1.165) is 0 Å². The molecule has 0 aromatic carbocycles. The predicted octanol–water partition coefficient (Wildman–Crippen LogP) is 1.43. The van der Waals surface area contributed by atoms with Crippen LogP contribution in [0.5, 0.6) is 0 Å². The maximum absolute atomic E-state index is 12.1. The lowest BCUT2D eigenvalue weighted by Gasteiger charge is -2.10. The molecule has 0 saturated carbocycles. The van der Waals surface area contributed by atoms with Crippen LogP contribution in [0.4, 0.5) is 0 Å². The first-order chi connectivity index (χ1) is 6.46.